The van der Waals surface area contributed by atoms with Crippen LogP contribution >= 0.6 is 15.9 Å². The zero-order chi connectivity index (χ0) is 20.9. The van der Waals surface area contributed by atoms with Crippen molar-refractivity contribution in [1.29, 1.82) is 5.26 Å². The number of anilines is 1. The molecule has 1 spiro atoms. The minimum atomic E-state index is -1.57. The van der Waals surface area contributed by atoms with E-state index in [0.29, 0.717) is 22.5 Å². The summed E-state index contributed by atoms with van der Waals surface area (Å²) in [6.07, 6.45) is -0.166. The van der Waals surface area contributed by atoms with Crippen LogP contribution in [0.4, 0.5) is 5.69 Å². The van der Waals surface area contributed by atoms with Crippen LogP contribution in [0.5, 0.6) is 5.88 Å². The molecule has 3 heterocycles. The third kappa shape index (κ3) is 2.47. The molecule has 1 amide bonds. The molecule has 0 aliphatic carbocycles. The molecule has 1 aromatic carbocycles. The van der Waals surface area contributed by atoms with E-state index < -0.39 is 11.4 Å². The summed E-state index contributed by atoms with van der Waals surface area (Å²) in [4.78, 5) is 27.3. The fourth-order valence-electron chi connectivity index (χ4n) is 3.97. The molecule has 0 bridgehead atoms. The highest BCUT2D eigenvalue weighted by molar-refractivity contribution is 9.10. The van der Waals surface area contributed by atoms with Crippen LogP contribution in [0.3, 0.4) is 0 Å². The van der Waals surface area contributed by atoms with Gasteiger partial charge in [-0.1, -0.05) is 15.9 Å². The van der Waals surface area contributed by atoms with Crippen molar-refractivity contribution in [2.75, 3.05) is 18.6 Å². The first-order valence-electron chi connectivity index (χ1n) is 8.75. The lowest BCUT2D eigenvalue weighted by Gasteiger charge is -2.32. The Morgan fingerprint density at radius 3 is 2.97 bits per heavy atom. The van der Waals surface area contributed by atoms with Gasteiger partial charge in [0.1, 0.15) is 17.1 Å². The SMILES string of the molecule is CCOC(=O)Cc1[nH]nc2c1[C@@]1(C(=O)N(C)c3ccc(Br)cc31)C(C#N)=C(N)O2. The number of nitrogens with one attached hydrogen (secondary N) is 1. The van der Waals surface area contributed by atoms with Crippen molar-refractivity contribution in [3.05, 3.63) is 50.9 Å². The number of ether oxygens (including phenoxy) is 2. The van der Waals surface area contributed by atoms with Gasteiger partial charge in [-0.3, -0.25) is 14.7 Å². The van der Waals surface area contributed by atoms with Crippen molar-refractivity contribution in [3.63, 3.8) is 0 Å². The summed E-state index contributed by atoms with van der Waals surface area (Å²) in [5.41, 5.74) is 6.20. The topological polar surface area (TPSA) is 134 Å². The van der Waals surface area contributed by atoms with E-state index >= 15 is 0 Å². The lowest BCUT2D eigenvalue weighted by atomic mass is 9.69. The number of likely N-dealkylation sites (N-methyl/N-ethyl adjacent to an activating group) is 1. The second-order valence-corrected chi connectivity index (χ2v) is 7.51. The monoisotopic (exact) mass is 457 g/mol. The molecule has 10 heteroatoms. The van der Waals surface area contributed by atoms with Gasteiger partial charge in [-0.15, -0.1) is 5.10 Å². The quantitative estimate of drug-likeness (QED) is 0.668. The Hall–Kier alpha value is -3.32. The van der Waals surface area contributed by atoms with E-state index in [1.54, 1.807) is 32.2 Å². The first-order valence-corrected chi connectivity index (χ1v) is 9.55. The van der Waals surface area contributed by atoms with E-state index in [9.17, 15) is 14.9 Å². The van der Waals surface area contributed by atoms with E-state index in [0.717, 1.165) is 4.47 Å². The zero-order valence-electron chi connectivity index (χ0n) is 15.6. The predicted molar refractivity (Wildman–Crippen MR) is 105 cm³/mol. The number of halogens is 1. The summed E-state index contributed by atoms with van der Waals surface area (Å²) < 4.78 is 11.3. The fourth-order valence-corrected chi connectivity index (χ4v) is 4.33. The number of rotatable bonds is 3. The van der Waals surface area contributed by atoms with Crippen LogP contribution in [0, 0.1) is 11.3 Å². The number of nitriles is 1. The number of hydrogen-bond donors (Lipinski definition) is 2. The molecule has 2 aliphatic rings. The Labute approximate surface area is 174 Å². The van der Waals surface area contributed by atoms with Gasteiger partial charge in [0.2, 0.25) is 17.7 Å². The minimum Gasteiger partial charge on any atom is -0.466 e. The Bertz CT molecular complexity index is 1130. The van der Waals surface area contributed by atoms with Crippen LogP contribution in [0.1, 0.15) is 23.7 Å². The van der Waals surface area contributed by atoms with Crippen LogP contribution in [0.15, 0.2) is 34.1 Å². The highest BCUT2D eigenvalue weighted by atomic mass is 79.9. The van der Waals surface area contributed by atoms with Crippen LogP contribution in [-0.4, -0.2) is 35.7 Å². The van der Waals surface area contributed by atoms with Gasteiger partial charge in [0.25, 0.3) is 0 Å². The largest absolute Gasteiger partial charge is 0.466 e. The van der Waals surface area contributed by atoms with Crippen LogP contribution < -0.4 is 15.4 Å². The molecule has 2 aromatic rings. The van der Waals surface area contributed by atoms with E-state index in [4.69, 9.17) is 15.2 Å². The van der Waals surface area contributed by atoms with Gasteiger partial charge >= 0.3 is 5.97 Å². The molecule has 1 aromatic heterocycles. The second-order valence-electron chi connectivity index (χ2n) is 6.59. The van der Waals surface area contributed by atoms with Crippen LogP contribution in [0.25, 0.3) is 0 Å². The molecule has 29 heavy (non-hydrogen) atoms. The van der Waals surface area contributed by atoms with Gasteiger partial charge in [0.15, 0.2) is 0 Å². The number of benzene rings is 1. The first kappa shape index (κ1) is 19.0. The number of nitrogens with two attached hydrogens (primary N) is 1. The summed E-state index contributed by atoms with van der Waals surface area (Å²) in [5, 5.41) is 16.8. The average molecular weight is 458 g/mol. The molecule has 148 valence electrons. The summed E-state index contributed by atoms with van der Waals surface area (Å²) in [5.74, 6) is -1.04. The molecule has 1 atom stereocenters. The normalized spacial score (nSPS) is 19.7. The number of H-pyrrole nitrogens is 1. The zero-order valence-corrected chi connectivity index (χ0v) is 17.2. The first-order chi connectivity index (χ1) is 13.9. The number of carbonyl (C=O) groups is 2. The number of aromatic nitrogens is 2. The Morgan fingerprint density at radius 1 is 1.52 bits per heavy atom. The van der Waals surface area contributed by atoms with Gasteiger partial charge in [-0.05, 0) is 25.1 Å². The summed E-state index contributed by atoms with van der Waals surface area (Å²) in [6, 6.07) is 7.38. The standard InChI is InChI=1S/C19H16BrN5O4/c1-3-28-14(26)7-12-15-17(24-23-12)29-16(22)11(8-21)19(15)10-6-9(20)4-5-13(10)25(2)18(19)27/h4-6H,3,7,22H2,1-2H3,(H,23,24)/t19-/m0/s1. The van der Waals surface area contributed by atoms with Gasteiger partial charge < -0.3 is 20.1 Å². The van der Waals surface area contributed by atoms with Gasteiger partial charge in [-0.25, -0.2) is 0 Å². The molecule has 0 unspecified atom stereocenters. The molecule has 9 nitrogen and oxygen atoms in total. The smallest absolute Gasteiger partial charge is 0.311 e. The second kappa shape index (κ2) is 6.63. The summed E-state index contributed by atoms with van der Waals surface area (Å²) in [6.45, 7) is 1.91. The maximum Gasteiger partial charge on any atom is 0.311 e. The number of aromatic amines is 1. The van der Waals surface area contributed by atoms with Crippen molar-refractivity contribution in [3.8, 4) is 11.9 Å². The molecule has 2 aliphatic heterocycles. The number of amides is 1. The highest BCUT2D eigenvalue weighted by Crippen LogP contribution is 2.55. The van der Waals surface area contributed by atoms with Crippen molar-refractivity contribution in [2.24, 2.45) is 5.73 Å². The Kier molecular flexibility index (Phi) is 4.35. The molecule has 0 saturated heterocycles. The van der Waals surface area contributed by atoms with E-state index in [-0.39, 0.29) is 36.3 Å². The molecule has 0 radical (unpaired) electrons. The molecule has 3 N–H and O–H groups in total. The molecular weight excluding hydrogens is 442 g/mol. The minimum absolute atomic E-state index is 0.0507. The summed E-state index contributed by atoms with van der Waals surface area (Å²) in [7, 11) is 1.62. The van der Waals surface area contributed by atoms with Crippen molar-refractivity contribution >= 4 is 33.5 Å². The number of fused-ring (bicyclic) bond motifs is 4. The average Bonchev–Trinajstić information content (AvgIpc) is 3.16. The lowest BCUT2D eigenvalue weighted by molar-refractivity contribution is -0.142. The molecular formula is C19H16BrN5O4. The summed E-state index contributed by atoms with van der Waals surface area (Å²) >= 11 is 3.43. The van der Waals surface area contributed by atoms with E-state index in [2.05, 4.69) is 26.1 Å². The molecule has 4 rings (SSSR count). The van der Waals surface area contributed by atoms with Crippen molar-refractivity contribution in [2.45, 2.75) is 18.8 Å². The van der Waals surface area contributed by atoms with E-state index in [1.807, 2.05) is 6.07 Å². The lowest BCUT2D eigenvalue weighted by Crippen LogP contribution is -2.45. The van der Waals surface area contributed by atoms with Gasteiger partial charge in [0.05, 0.1) is 24.3 Å². The van der Waals surface area contributed by atoms with Crippen molar-refractivity contribution in [1.82, 2.24) is 10.2 Å². The number of esters is 1. The molecule has 0 saturated carbocycles. The third-order valence-electron chi connectivity index (χ3n) is 5.10. The fraction of sp³-hybridized carbons (Fsp3) is 0.263. The number of carbonyl (C=O) groups excluding carboxylic acids is 2. The predicted octanol–water partition coefficient (Wildman–Crippen LogP) is 1.63. The Morgan fingerprint density at radius 2 is 2.28 bits per heavy atom. The van der Waals surface area contributed by atoms with Crippen LogP contribution in [-0.2, 0) is 26.2 Å². The number of nitrogens with zero attached hydrogens (tertiary/aromatic N) is 3. The highest BCUT2D eigenvalue weighted by Gasteiger charge is 2.60. The van der Waals surface area contributed by atoms with Crippen molar-refractivity contribution < 1.29 is 19.1 Å². The van der Waals surface area contributed by atoms with Crippen LogP contribution in [0.2, 0.25) is 0 Å². The maximum absolute atomic E-state index is 13.6. The third-order valence-corrected chi connectivity index (χ3v) is 5.59. The maximum atomic E-state index is 13.6. The Balaban J connectivity index is 2.05. The van der Waals surface area contributed by atoms with E-state index in [1.165, 1.54) is 4.90 Å². The van der Waals surface area contributed by atoms with Gasteiger partial charge in [-0.2, -0.15) is 5.26 Å². The number of hydrogen-bond acceptors (Lipinski definition) is 7. The van der Waals surface area contributed by atoms with Gasteiger partial charge in [0, 0.05) is 22.8 Å². The molecule has 0 fully saturated rings.